The van der Waals surface area contributed by atoms with Crippen molar-refractivity contribution < 1.29 is 28.7 Å². The molecule has 0 unspecified atom stereocenters. The molecule has 0 saturated heterocycles. The first-order chi connectivity index (χ1) is 13.8. The topological polar surface area (TPSA) is 98.8 Å². The van der Waals surface area contributed by atoms with Gasteiger partial charge in [0.25, 0.3) is 5.91 Å². The van der Waals surface area contributed by atoms with Crippen LogP contribution in [0.15, 0.2) is 24.3 Å². The molecule has 0 aliphatic carbocycles. The molecule has 0 bridgehead atoms. The van der Waals surface area contributed by atoms with Crippen LogP contribution in [0.3, 0.4) is 0 Å². The molecule has 1 amide bonds. The van der Waals surface area contributed by atoms with Crippen molar-refractivity contribution in [3.05, 3.63) is 51.4 Å². The summed E-state index contributed by atoms with van der Waals surface area (Å²) in [5.41, 5.74) is 2.01. The number of nitrogens with one attached hydrogen (secondary N) is 1. The van der Waals surface area contributed by atoms with Crippen LogP contribution >= 0.6 is 11.3 Å². The molecule has 0 radical (unpaired) electrons. The van der Waals surface area contributed by atoms with Crippen molar-refractivity contribution in [3.8, 4) is 0 Å². The third-order valence-electron chi connectivity index (χ3n) is 4.13. The standard InChI is InChI=1S/C21H23NO6S/c1-5-14-7-9-15(10-8-14)20(25)28-11-16(24)22-19-17(21(26)27-6-2)12(3)18(29-19)13(4)23/h7-10H,5-6,11H2,1-4H3,(H,22,24). The molecule has 0 saturated carbocycles. The molecule has 1 aromatic heterocycles. The summed E-state index contributed by atoms with van der Waals surface area (Å²) in [6.07, 6.45) is 0.850. The number of hydrogen-bond acceptors (Lipinski definition) is 7. The minimum atomic E-state index is -0.628. The Labute approximate surface area is 173 Å². The van der Waals surface area contributed by atoms with Gasteiger partial charge in [0, 0.05) is 0 Å². The zero-order valence-corrected chi connectivity index (χ0v) is 17.6. The predicted octanol–water partition coefficient (Wildman–Crippen LogP) is 3.79. The molecule has 1 aromatic carbocycles. The largest absolute Gasteiger partial charge is 0.462 e. The molecule has 0 atom stereocenters. The molecule has 1 N–H and O–H groups in total. The van der Waals surface area contributed by atoms with Crippen LogP contribution in [0.25, 0.3) is 0 Å². The van der Waals surface area contributed by atoms with Crippen LogP contribution in [0.4, 0.5) is 5.00 Å². The predicted molar refractivity (Wildman–Crippen MR) is 110 cm³/mol. The van der Waals surface area contributed by atoms with Crippen LogP contribution in [0.1, 0.15) is 62.3 Å². The Kier molecular flexibility index (Phi) is 7.67. The van der Waals surface area contributed by atoms with E-state index in [-0.39, 0.29) is 23.0 Å². The molecule has 0 spiro atoms. The Morgan fingerprint density at radius 3 is 2.21 bits per heavy atom. The molecule has 0 aliphatic rings. The van der Waals surface area contributed by atoms with Crippen molar-refractivity contribution in [2.45, 2.75) is 34.1 Å². The maximum atomic E-state index is 12.3. The molecule has 8 heteroatoms. The molecular formula is C21H23NO6S. The number of rotatable bonds is 8. The van der Waals surface area contributed by atoms with E-state index in [9.17, 15) is 19.2 Å². The molecule has 2 aromatic rings. The Morgan fingerprint density at radius 2 is 1.66 bits per heavy atom. The number of ether oxygens (including phenoxy) is 2. The van der Waals surface area contributed by atoms with E-state index >= 15 is 0 Å². The molecule has 29 heavy (non-hydrogen) atoms. The molecule has 0 aliphatic heterocycles. The van der Waals surface area contributed by atoms with E-state index < -0.39 is 24.5 Å². The highest BCUT2D eigenvalue weighted by Crippen LogP contribution is 2.34. The molecule has 2 rings (SSSR count). The average molecular weight is 417 g/mol. The number of hydrogen-bond donors (Lipinski definition) is 1. The maximum absolute atomic E-state index is 12.3. The van der Waals surface area contributed by atoms with Crippen molar-refractivity contribution in [1.29, 1.82) is 0 Å². The monoisotopic (exact) mass is 417 g/mol. The molecule has 7 nitrogen and oxygen atoms in total. The van der Waals surface area contributed by atoms with Crippen LogP contribution in [0.5, 0.6) is 0 Å². The van der Waals surface area contributed by atoms with Gasteiger partial charge in [0.2, 0.25) is 0 Å². The third kappa shape index (κ3) is 5.51. The number of carbonyl (C=O) groups excluding carboxylic acids is 4. The fourth-order valence-corrected chi connectivity index (χ4v) is 3.75. The van der Waals surface area contributed by atoms with Gasteiger partial charge in [0.05, 0.1) is 22.6 Å². The SMILES string of the molecule is CCOC(=O)c1c(NC(=O)COC(=O)c2ccc(CC)cc2)sc(C(C)=O)c1C. The summed E-state index contributed by atoms with van der Waals surface area (Å²) >= 11 is 0.989. The third-order valence-corrected chi connectivity index (χ3v) is 5.44. The summed E-state index contributed by atoms with van der Waals surface area (Å²) in [5, 5.41) is 2.73. The summed E-state index contributed by atoms with van der Waals surface area (Å²) in [6.45, 7) is 6.30. The van der Waals surface area contributed by atoms with Gasteiger partial charge < -0.3 is 14.8 Å². The van der Waals surface area contributed by atoms with E-state index in [0.717, 1.165) is 23.3 Å². The highest BCUT2D eigenvalue weighted by atomic mass is 32.1. The van der Waals surface area contributed by atoms with E-state index in [0.29, 0.717) is 16.0 Å². The van der Waals surface area contributed by atoms with Gasteiger partial charge in [-0.05, 0) is 50.5 Å². The summed E-state index contributed by atoms with van der Waals surface area (Å²) in [6, 6.07) is 6.92. The lowest BCUT2D eigenvalue weighted by molar-refractivity contribution is -0.119. The zero-order valence-electron chi connectivity index (χ0n) is 16.8. The molecule has 0 fully saturated rings. The lowest BCUT2D eigenvalue weighted by Crippen LogP contribution is -2.21. The molecule has 154 valence electrons. The number of esters is 2. The van der Waals surface area contributed by atoms with Gasteiger partial charge in [-0.3, -0.25) is 9.59 Å². The summed E-state index contributed by atoms with van der Waals surface area (Å²) < 4.78 is 10.1. The number of thiophene rings is 1. The van der Waals surface area contributed by atoms with Crippen molar-refractivity contribution in [1.82, 2.24) is 0 Å². The minimum Gasteiger partial charge on any atom is -0.462 e. The number of anilines is 1. The Balaban J connectivity index is 2.09. The normalized spacial score (nSPS) is 10.3. The van der Waals surface area contributed by atoms with E-state index in [1.807, 2.05) is 19.1 Å². The fourth-order valence-electron chi connectivity index (χ4n) is 2.64. The van der Waals surface area contributed by atoms with Crippen LogP contribution in [-0.2, 0) is 20.7 Å². The minimum absolute atomic E-state index is 0.136. The Bertz CT molecular complexity index is 929. The quantitative estimate of drug-likeness (QED) is 0.518. The number of Topliss-reactive ketones (excluding diaryl/α,β-unsaturated/α-hetero) is 1. The second-order valence-corrected chi connectivity index (χ2v) is 7.23. The Hall–Kier alpha value is -3.00. The first-order valence-electron chi connectivity index (χ1n) is 9.15. The van der Waals surface area contributed by atoms with Gasteiger partial charge in [-0.25, -0.2) is 9.59 Å². The summed E-state index contributed by atoms with van der Waals surface area (Å²) in [4.78, 5) is 48.7. The van der Waals surface area contributed by atoms with Crippen LogP contribution < -0.4 is 5.32 Å². The summed E-state index contributed by atoms with van der Waals surface area (Å²) in [5.74, 6) is -2.09. The zero-order chi connectivity index (χ0) is 21.6. The lowest BCUT2D eigenvalue weighted by atomic mass is 10.1. The Morgan fingerprint density at radius 1 is 1.00 bits per heavy atom. The number of aryl methyl sites for hydroxylation is 1. The maximum Gasteiger partial charge on any atom is 0.341 e. The highest BCUT2D eigenvalue weighted by molar-refractivity contribution is 7.18. The van der Waals surface area contributed by atoms with Gasteiger partial charge in [0.1, 0.15) is 5.00 Å². The van der Waals surface area contributed by atoms with Gasteiger partial charge in [-0.15, -0.1) is 11.3 Å². The van der Waals surface area contributed by atoms with Crippen LogP contribution in [0, 0.1) is 6.92 Å². The number of carbonyl (C=O) groups is 4. The van der Waals surface area contributed by atoms with Crippen LogP contribution in [-0.4, -0.2) is 36.8 Å². The van der Waals surface area contributed by atoms with Crippen molar-refractivity contribution in [3.63, 3.8) is 0 Å². The van der Waals surface area contributed by atoms with Crippen LogP contribution in [0.2, 0.25) is 0 Å². The first kappa shape index (κ1) is 22.3. The molecular weight excluding hydrogens is 394 g/mol. The van der Waals surface area contributed by atoms with Crippen molar-refractivity contribution in [2.24, 2.45) is 0 Å². The first-order valence-corrected chi connectivity index (χ1v) is 9.97. The van der Waals surface area contributed by atoms with Gasteiger partial charge in [0.15, 0.2) is 12.4 Å². The van der Waals surface area contributed by atoms with Gasteiger partial charge in [-0.1, -0.05) is 19.1 Å². The fraction of sp³-hybridized carbons (Fsp3) is 0.333. The number of amides is 1. The molecule has 1 heterocycles. The second-order valence-electron chi connectivity index (χ2n) is 6.21. The smallest absolute Gasteiger partial charge is 0.341 e. The van der Waals surface area contributed by atoms with Crippen molar-refractivity contribution in [2.75, 3.05) is 18.5 Å². The van der Waals surface area contributed by atoms with Gasteiger partial charge >= 0.3 is 11.9 Å². The lowest BCUT2D eigenvalue weighted by Gasteiger charge is -2.08. The van der Waals surface area contributed by atoms with E-state index in [1.54, 1.807) is 26.0 Å². The van der Waals surface area contributed by atoms with Crippen molar-refractivity contribution >= 4 is 40.0 Å². The van der Waals surface area contributed by atoms with E-state index in [2.05, 4.69) is 5.32 Å². The number of ketones is 1. The second kappa shape index (κ2) is 9.97. The number of benzene rings is 1. The van der Waals surface area contributed by atoms with E-state index in [4.69, 9.17) is 9.47 Å². The van der Waals surface area contributed by atoms with Gasteiger partial charge in [-0.2, -0.15) is 0 Å². The highest BCUT2D eigenvalue weighted by Gasteiger charge is 2.25. The average Bonchev–Trinajstić information content (AvgIpc) is 3.02. The van der Waals surface area contributed by atoms with E-state index in [1.165, 1.54) is 6.92 Å². The summed E-state index contributed by atoms with van der Waals surface area (Å²) in [7, 11) is 0.